The highest BCUT2D eigenvalue weighted by atomic mass is 19.4. The monoisotopic (exact) mass is 431 g/mol. The Kier molecular flexibility index (Phi) is 7.72. The van der Waals surface area contributed by atoms with Gasteiger partial charge in [0.25, 0.3) is 0 Å². The second-order valence-electron chi connectivity index (χ2n) is 8.88. The average Bonchev–Trinajstić information content (AvgIpc) is 2.66. The van der Waals surface area contributed by atoms with Gasteiger partial charge < -0.3 is 10.6 Å². The average molecular weight is 432 g/mol. The number of nitrogens with two attached hydrogens (primary N) is 1. The standard InChI is InChI=1S/C24H28F3N3O/c1-23(2,3)16-30(20-11-10-19(15-28)21(14-20)24(25,26)27)12-4-5-17-6-8-18(9-7-17)13-22(29)31/h6-11,14H,4-5,12-13,16H2,1-3H3,(H2,29,31). The van der Waals surface area contributed by atoms with E-state index in [0.29, 0.717) is 18.8 Å². The van der Waals surface area contributed by atoms with Gasteiger partial charge in [0.2, 0.25) is 5.91 Å². The van der Waals surface area contributed by atoms with E-state index in [0.717, 1.165) is 30.0 Å². The van der Waals surface area contributed by atoms with E-state index in [2.05, 4.69) is 0 Å². The highest BCUT2D eigenvalue weighted by Crippen LogP contribution is 2.35. The smallest absolute Gasteiger partial charge is 0.371 e. The normalized spacial score (nSPS) is 11.8. The summed E-state index contributed by atoms with van der Waals surface area (Å²) in [5.41, 5.74) is 6.19. The second-order valence-corrected chi connectivity index (χ2v) is 8.88. The molecule has 0 aliphatic rings. The molecule has 7 heteroatoms. The molecule has 0 saturated carbocycles. The zero-order chi connectivity index (χ0) is 23.2. The van der Waals surface area contributed by atoms with E-state index in [4.69, 9.17) is 11.0 Å². The fourth-order valence-corrected chi connectivity index (χ4v) is 3.43. The van der Waals surface area contributed by atoms with Gasteiger partial charge in [-0.1, -0.05) is 45.0 Å². The molecule has 0 fully saturated rings. The Morgan fingerprint density at radius 1 is 1.06 bits per heavy atom. The summed E-state index contributed by atoms with van der Waals surface area (Å²) in [5.74, 6) is -0.383. The highest BCUT2D eigenvalue weighted by Gasteiger charge is 2.34. The Bertz CT molecular complexity index is 939. The zero-order valence-electron chi connectivity index (χ0n) is 18.1. The number of anilines is 1. The van der Waals surface area contributed by atoms with E-state index >= 15 is 0 Å². The number of amides is 1. The number of primary amides is 1. The van der Waals surface area contributed by atoms with Crippen molar-refractivity contribution in [3.63, 3.8) is 0 Å². The second kappa shape index (κ2) is 9.86. The Balaban J connectivity index is 2.16. The van der Waals surface area contributed by atoms with Crippen LogP contribution in [-0.2, 0) is 23.8 Å². The molecule has 4 nitrogen and oxygen atoms in total. The number of carbonyl (C=O) groups excluding carboxylic acids is 1. The molecule has 166 valence electrons. The predicted molar refractivity (Wildman–Crippen MR) is 115 cm³/mol. The van der Waals surface area contributed by atoms with Crippen molar-refractivity contribution in [2.75, 3.05) is 18.0 Å². The summed E-state index contributed by atoms with van der Waals surface area (Å²) in [5, 5.41) is 9.04. The van der Waals surface area contributed by atoms with Gasteiger partial charge in [-0.05, 0) is 47.6 Å². The van der Waals surface area contributed by atoms with E-state index < -0.39 is 11.7 Å². The molecule has 0 unspecified atom stereocenters. The molecule has 2 rings (SSSR count). The van der Waals surface area contributed by atoms with Crippen LogP contribution in [0.25, 0.3) is 0 Å². The summed E-state index contributed by atoms with van der Waals surface area (Å²) < 4.78 is 40.2. The van der Waals surface area contributed by atoms with Crippen molar-refractivity contribution < 1.29 is 18.0 Å². The van der Waals surface area contributed by atoms with Crippen LogP contribution in [0.2, 0.25) is 0 Å². The van der Waals surface area contributed by atoms with Gasteiger partial charge >= 0.3 is 6.18 Å². The van der Waals surface area contributed by atoms with E-state index in [9.17, 15) is 18.0 Å². The van der Waals surface area contributed by atoms with Gasteiger partial charge in [-0.2, -0.15) is 18.4 Å². The van der Waals surface area contributed by atoms with E-state index in [1.54, 1.807) is 12.1 Å². The molecule has 0 aromatic heterocycles. The first kappa shape index (κ1) is 24.3. The molecule has 0 heterocycles. The molecule has 1 amide bonds. The molecule has 31 heavy (non-hydrogen) atoms. The molecule has 0 aliphatic heterocycles. The topological polar surface area (TPSA) is 70.1 Å². The number of hydrogen-bond acceptors (Lipinski definition) is 3. The Morgan fingerprint density at radius 3 is 2.19 bits per heavy atom. The Labute approximate surface area is 181 Å². The van der Waals surface area contributed by atoms with Crippen molar-refractivity contribution in [2.24, 2.45) is 11.1 Å². The van der Waals surface area contributed by atoms with Gasteiger partial charge in [0.15, 0.2) is 0 Å². The van der Waals surface area contributed by atoms with Crippen LogP contribution in [-0.4, -0.2) is 19.0 Å². The minimum atomic E-state index is -4.58. The maximum Gasteiger partial charge on any atom is 0.417 e. The number of carbonyl (C=O) groups is 1. The van der Waals surface area contributed by atoms with E-state index in [1.807, 2.05) is 49.9 Å². The number of alkyl halides is 3. The lowest BCUT2D eigenvalue weighted by Crippen LogP contribution is -2.34. The van der Waals surface area contributed by atoms with Crippen LogP contribution < -0.4 is 10.6 Å². The van der Waals surface area contributed by atoms with E-state index in [1.165, 1.54) is 6.07 Å². The first-order valence-corrected chi connectivity index (χ1v) is 10.1. The zero-order valence-corrected chi connectivity index (χ0v) is 18.1. The molecule has 2 aromatic rings. The van der Waals surface area contributed by atoms with Crippen molar-refractivity contribution >= 4 is 11.6 Å². The van der Waals surface area contributed by atoms with Crippen LogP contribution in [0.3, 0.4) is 0 Å². The number of nitrogens with zero attached hydrogens (tertiary/aromatic N) is 2. The molecule has 0 atom stereocenters. The summed E-state index contributed by atoms with van der Waals surface area (Å²) in [6.45, 7) is 7.25. The summed E-state index contributed by atoms with van der Waals surface area (Å²) >= 11 is 0. The third kappa shape index (κ3) is 7.63. The molecule has 0 aliphatic carbocycles. The first-order chi connectivity index (χ1) is 14.4. The van der Waals surface area contributed by atoms with Crippen molar-refractivity contribution in [1.82, 2.24) is 0 Å². The predicted octanol–water partition coefficient (Wildman–Crippen LogP) is 5.09. The Hall–Kier alpha value is -3.01. The summed E-state index contributed by atoms with van der Waals surface area (Å²) in [6.07, 6.45) is -2.90. The maximum atomic E-state index is 13.4. The van der Waals surface area contributed by atoms with Gasteiger partial charge in [0, 0.05) is 18.8 Å². The van der Waals surface area contributed by atoms with Crippen LogP contribution in [0, 0.1) is 16.7 Å². The summed E-state index contributed by atoms with van der Waals surface area (Å²) in [6, 6.07) is 13.1. The molecule has 0 spiro atoms. The number of hydrogen-bond donors (Lipinski definition) is 1. The third-order valence-electron chi connectivity index (χ3n) is 4.75. The van der Waals surface area contributed by atoms with Gasteiger partial charge in [0.1, 0.15) is 0 Å². The van der Waals surface area contributed by atoms with Crippen LogP contribution in [0.15, 0.2) is 42.5 Å². The van der Waals surface area contributed by atoms with Gasteiger partial charge in [0.05, 0.1) is 23.6 Å². The van der Waals surface area contributed by atoms with Crippen LogP contribution in [0.1, 0.15) is 49.4 Å². The fourth-order valence-electron chi connectivity index (χ4n) is 3.43. The molecule has 2 N–H and O–H groups in total. The molecule has 0 bridgehead atoms. The quantitative estimate of drug-likeness (QED) is 0.633. The summed E-state index contributed by atoms with van der Waals surface area (Å²) in [7, 11) is 0. The lowest BCUT2D eigenvalue weighted by molar-refractivity contribution is -0.137. The van der Waals surface area contributed by atoms with Crippen molar-refractivity contribution in [3.05, 3.63) is 64.7 Å². The minimum Gasteiger partial charge on any atom is -0.371 e. The molecular weight excluding hydrogens is 403 g/mol. The lowest BCUT2D eigenvalue weighted by atomic mass is 9.95. The SMILES string of the molecule is CC(C)(C)CN(CCCc1ccc(CC(N)=O)cc1)c1ccc(C#N)c(C(F)(F)F)c1. The third-order valence-corrected chi connectivity index (χ3v) is 4.75. The van der Waals surface area contributed by atoms with Gasteiger partial charge in [-0.25, -0.2) is 0 Å². The first-order valence-electron chi connectivity index (χ1n) is 10.1. The minimum absolute atomic E-state index is 0.122. The summed E-state index contributed by atoms with van der Waals surface area (Å²) in [4.78, 5) is 12.9. The van der Waals surface area contributed by atoms with Crippen LogP contribution in [0.4, 0.5) is 18.9 Å². The lowest BCUT2D eigenvalue weighted by Gasteiger charge is -2.32. The molecule has 2 aromatic carbocycles. The van der Waals surface area contributed by atoms with Crippen LogP contribution >= 0.6 is 0 Å². The number of rotatable bonds is 8. The van der Waals surface area contributed by atoms with Crippen LogP contribution in [0.5, 0.6) is 0 Å². The maximum absolute atomic E-state index is 13.4. The molecular formula is C24H28F3N3O. The highest BCUT2D eigenvalue weighted by molar-refractivity contribution is 5.76. The van der Waals surface area contributed by atoms with E-state index in [-0.39, 0.29) is 23.3 Å². The number of halogens is 3. The Morgan fingerprint density at radius 2 is 1.68 bits per heavy atom. The van der Waals surface area contributed by atoms with Gasteiger partial charge in [-0.3, -0.25) is 4.79 Å². The number of nitriles is 1. The number of benzene rings is 2. The van der Waals surface area contributed by atoms with Crippen molar-refractivity contribution in [3.8, 4) is 6.07 Å². The molecule has 0 saturated heterocycles. The fraction of sp³-hybridized carbons (Fsp3) is 0.417. The van der Waals surface area contributed by atoms with Crippen molar-refractivity contribution in [1.29, 1.82) is 5.26 Å². The van der Waals surface area contributed by atoms with Crippen molar-refractivity contribution in [2.45, 2.75) is 46.2 Å². The van der Waals surface area contributed by atoms with Gasteiger partial charge in [-0.15, -0.1) is 0 Å². The largest absolute Gasteiger partial charge is 0.417 e. The number of aryl methyl sites for hydroxylation is 1. The molecule has 0 radical (unpaired) electrons.